The van der Waals surface area contributed by atoms with Crippen molar-refractivity contribution in [1.82, 2.24) is 24.6 Å². The lowest BCUT2D eigenvalue weighted by Crippen LogP contribution is -2.42. The van der Waals surface area contributed by atoms with Crippen LogP contribution in [-0.4, -0.2) is 71.7 Å². The van der Waals surface area contributed by atoms with E-state index >= 15 is 0 Å². The SMILES string of the molecule is CC[C@]1(CO)C[C@H]2CC[C@@H]1N2C(=O)CCSc1nnc(-c2ccncc2)n1C.O=CO. The molecule has 0 aliphatic carbocycles. The zero-order valence-electron chi connectivity index (χ0n) is 17.8. The summed E-state index contributed by atoms with van der Waals surface area (Å²) in [5.74, 6) is 1.68. The van der Waals surface area contributed by atoms with Crippen LogP contribution in [0.3, 0.4) is 0 Å². The van der Waals surface area contributed by atoms with Gasteiger partial charge in [0.15, 0.2) is 11.0 Å². The molecule has 2 saturated heterocycles. The number of hydrogen-bond acceptors (Lipinski definition) is 7. The zero-order valence-corrected chi connectivity index (χ0v) is 18.7. The first kappa shape index (κ1) is 23.2. The summed E-state index contributed by atoms with van der Waals surface area (Å²) in [5.41, 5.74) is 0.885. The highest BCUT2D eigenvalue weighted by atomic mass is 32.2. The smallest absolute Gasteiger partial charge is 0.290 e. The maximum absolute atomic E-state index is 12.9. The third-order valence-corrected chi connectivity index (χ3v) is 7.50. The number of fused-ring (bicyclic) bond motifs is 2. The van der Waals surface area contributed by atoms with Crippen molar-refractivity contribution in [1.29, 1.82) is 0 Å². The molecular formula is C21H29N5O4S. The van der Waals surface area contributed by atoms with Gasteiger partial charge in [-0.15, -0.1) is 10.2 Å². The second-order valence-corrected chi connectivity index (χ2v) is 8.99. The van der Waals surface area contributed by atoms with Gasteiger partial charge in [0.1, 0.15) is 0 Å². The van der Waals surface area contributed by atoms with Crippen LogP contribution in [0.25, 0.3) is 11.4 Å². The molecule has 2 aromatic heterocycles. The van der Waals surface area contributed by atoms with E-state index in [0.29, 0.717) is 18.2 Å². The number of carbonyl (C=O) groups is 2. The molecule has 2 fully saturated rings. The van der Waals surface area contributed by atoms with Gasteiger partial charge in [0.05, 0.1) is 6.61 Å². The van der Waals surface area contributed by atoms with Gasteiger partial charge in [-0.25, -0.2) is 0 Å². The molecule has 0 radical (unpaired) electrons. The van der Waals surface area contributed by atoms with Gasteiger partial charge in [0.25, 0.3) is 6.47 Å². The number of aliphatic hydroxyl groups excluding tert-OH is 1. The Bertz CT molecular complexity index is 887. The van der Waals surface area contributed by atoms with E-state index in [4.69, 9.17) is 9.90 Å². The molecule has 0 aromatic carbocycles. The van der Waals surface area contributed by atoms with E-state index in [0.717, 1.165) is 42.2 Å². The molecule has 1 amide bonds. The lowest BCUT2D eigenvalue weighted by molar-refractivity contribution is -0.133. The van der Waals surface area contributed by atoms with E-state index in [1.165, 1.54) is 0 Å². The average Bonchev–Trinajstić information content (AvgIpc) is 3.46. The fourth-order valence-corrected chi connectivity index (χ4v) is 5.72. The van der Waals surface area contributed by atoms with Crippen LogP contribution in [0.5, 0.6) is 0 Å². The van der Waals surface area contributed by atoms with E-state index < -0.39 is 0 Å². The summed E-state index contributed by atoms with van der Waals surface area (Å²) in [5, 5.41) is 26.2. The summed E-state index contributed by atoms with van der Waals surface area (Å²) in [4.78, 5) is 27.4. The topological polar surface area (TPSA) is 121 Å². The van der Waals surface area contributed by atoms with Crippen LogP contribution in [0.4, 0.5) is 0 Å². The van der Waals surface area contributed by atoms with Crippen molar-refractivity contribution in [2.45, 2.75) is 56.3 Å². The van der Waals surface area contributed by atoms with Crippen LogP contribution in [0.2, 0.25) is 0 Å². The molecule has 4 rings (SSSR count). The number of pyridine rings is 1. The van der Waals surface area contributed by atoms with Gasteiger partial charge in [0.2, 0.25) is 5.91 Å². The third-order valence-electron chi connectivity index (χ3n) is 6.48. The second kappa shape index (κ2) is 10.2. The number of aliphatic hydroxyl groups is 1. The number of amides is 1. The van der Waals surface area contributed by atoms with Gasteiger partial charge in [-0.05, 0) is 37.8 Å². The zero-order chi connectivity index (χ0) is 22.4. The van der Waals surface area contributed by atoms with Crippen LogP contribution in [-0.2, 0) is 16.6 Å². The maximum atomic E-state index is 12.9. The first-order valence-corrected chi connectivity index (χ1v) is 11.4. The van der Waals surface area contributed by atoms with Gasteiger partial charge in [0, 0.05) is 54.7 Å². The highest BCUT2D eigenvalue weighted by molar-refractivity contribution is 7.99. The van der Waals surface area contributed by atoms with E-state index in [-0.39, 0.29) is 30.4 Å². The van der Waals surface area contributed by atoms with Gasteiger partial charge in [-0.3, -0.25) is 14.6 Å². The van der Waals surface area contributed by atoms with Crippen molar-refractivity contribution in [2.24, 2.45) is 12.5 Å². The monoisotopic (exact) mass is 447 g/mol. The van der Waals surface area contributed by atoms with E-state index in [9.17, 15) is 9.90 Å². The van der Waals surface area contributed by atoms with Crippen LogP contribution in [0, 0.1) is 5.41 Å². The molecule has 2 N–H and O–H groups in total. The van der Waals surface area contributed by atoms with E-state index in [1.54, 1.807) is 24.2 Å². The van der Waals surface area contributed by atoms with E-state index in [1.807, 2.05) is 23.7 Å². The van der Waals surface area contributed by atoms with Crippen molar-refractivity contribution in [2.75, 3.05) is 12.4 Å². The molecule has 168 valence electrons. The molecule has 10 heteroatoms. The first-order chi connectivity index (χ1) is 15.0. The molecular weight excluding hydrogens is 418 g/mol. The van der Waals surface area contributed by atoms with Crippen molar-refractivity contribution >= 4 is 24.1 Å². The minimum Gasteiger partial charge on any atom is -0.483 e. The van der Waals surface area contributed by atoms with Crippen molar-refractivity contribution < 1.29 is 19.8 Å². The Balaban J connectivity index is 0.000000858. The van der Waals surface area contributed by atoms with Gasteiger partial charge < -0.3 is 19.7 Å². The molecule has 2 aliphatic heterocycles. The number of rotatable bonds is 7. The Morgan fingerprint density at radius 1 is 1.32 bits per heavy atom. The molecule has 2 aromatic rings. The Labute approximate surface area is 185 Å². The molecule has 0 saturated carbocycles. The van der Waals surface area contributed by atoms with Gasteiger partial charge >= 0.3 is 0 Å². The lowest BCUT2D eigenvalue weighted by Gasteiger charge is -2.34. The number of carboxylic acid groups (broad SMARTS) is 1. The molecule has 0 spiro atoms. The quantitative estimate of drug-likeness (QED) is 0.489. The minimum atomic E-state index is -0.250. The average molecular weight is 448 g/mol. The molecule has 31 heavy (non-hydrogen) atoms. The van der Waals surface area contributed by atoms with E-state index in [2.05, 4.69) is 27.0 Å². The number of thioether (sulfide) groups is 1. The largest absolute Gasteiger partial charge is 0.483 e. The number of hydrogen-bond donors (Lipinski definition) is 2. The second-order valence-electron chi connectivity index (χ2n) is 7.93. The summed E-state index contributed by atoms with van der Waals surface area (Å²) in [7, 11) is 1.94. The molecule has 2 bridgehead atoms. The first-order valence-electron chi connectivity index (χ1n) is 10.4. The summed E-state index contributed by atoms with van der Waals surface area (Å²) in [6.07, 6.45) is 7.94. The standard InChI is InChI=1S/C20H27N5O2S.CH2O2/c1-3-20(13-26)12-15-4-5-16(20)25(15)17(27)8-11-28-19-23-22-18(24(19)2)14-6-9-21-10-7-14;2-1-3/h6-7,9-10,15-16,26H,3-5,8,11-13H2,1-2H3;1H,(H,2,3)/t15-,16+,20-;/m1./s1. The number of aromatic nitrogens is 4. The van der Waals surface area contributed by atoms with Crippen molar-refractivity contribution in [3.8, 4) is 11.4 Å². The van der Waals surface area contributed by atoms with Gasteiger partial charge in [-0.1, -0.05) is 18.7 Å². The summed E-state index contributed by atoms with van der Waals surface area (Å²) in [6.45, 7) is 2.06. The minimum absolute atomic E-state index is 0.0885. The number of nitrogens with zero attached hydrogens (tertiary/aromatic N) is 5. The van der Waals surface area contributed by atoms with Crippen molar-refractivity contribution in [3.05, 3.63) is 24.5 Å². The van der Waals surface area contributed by atoms with Crippen LogP contribution in [0.1, 0.15) is 39.0 Å². The van der Waals surface area contributed by atoms with Crippen LogP contribution < -0.4 is 0 Å². The third kappa shape index (κ3) is 4.59. The fraction of sp³-hybridized carbons (Fsp3) is 0.571. The Morgan fingerprint density at radius 2 is 2.03 bits per heavy atom. The molecule has 4 heterocycles. The Hall–Kier alpha value is -2.46. The van der Waals surface area contributed by atoms with Crippen LogP contribution in [0.15, 0.2) is 29.7 Å². The maximum Gasteiger partial charge on any atom is 0.290 e. The summed E-state index contributed by atoms with van der Waals surface area (Å²) >= 11 is 1.56. The fourth-order valence-electron chi connectivity index (χ4n) is 4.88. The van der Waals surface area contributed by atoms with Crippen LogP contribution >= 0.6 is 11.8 Å². The molecule has 0 unspecified atom stereocenters. The predicted molar refractivity (Wildman–Crippen MR) is 116 cm³/mol. The Morgan fingerprint density at radius 3 is 2.65 bits per heavy atom. The number of carbonyl (C=O) groups excluding carboxylic acids is 1. The highest BCUT2D eigenvalue weighted by Crippen LogP contribution is 2.51. The lowest BCUT2D eigenvalue weighted by atomic mass is 9.72. The molecule has 3 atom stereocenters. The molecule has 2 aliphatic rings. The van der Waals surface area contributed by atoms with Crippen molar-refractivity contribution in [3.63, 3.8) is 0 Å². The van der Waals surface area contributed by atoms with Gasteiger partial charge in [-0.2, -0.15) is 0 Å². The predicted octanol–water partition coefficient (Wildman–Crippen LogP) is 2.21. The normalized spacial score (nSPS) is 24.0. The summed E-state index contributed by atoms with van der Waals surface area (Å²) < 4.78 is 1.96. The highest BCUT2D eigenvalue weighted by Gasteiger charge is 2.55. The summed E-state index contributed by atoms with van der Waals surface area (Å²) in [6, 6.07) is 4.33. The Kier molecular flexibility index (Phi) is 7.66. The molecule has 9 nitrogen and oxygen atoms in total.